The van der Waals surface area contributed by atoms with Crippen molar-refractivity contribution < 1.29 is 5.11 Å². The minimum Gasteiger partial charge on any atom is -0.388 e. The monoisotopic (exact) mass is 299 g/mol. The van der Waals surface area contributed by atoms with E-state index in [2.05, 4.69) is 28.5 Å². The van der Waals surface area contributed by atoms with Gasteiger partial charge in [0.05, 0.1) is 11.3 Å². The molecule has 0 aliphatic heterocycles. The summed E-state index contributed by atoms with van der Waals surface area (Å²) in [6.45, 7) is 3.77. The summed E-state index contributed by atoms with van der Waals surface area (Å²) in [6, 6.07) is 14.2. The van der Waals surface area contributed by atoms with Crippen LogP contribution >= 0.6 is 0 Å². The van der Waals surface area contributed by atoms with Gasteiger partial charge in [0.2, 0.25) is 0 Å². The molecule has 0 aliphatic rings. The van der Waals surface area contributed by atoms with Crippen LogP contribution in [0.4, 0.5) is 0 Å². The standard InChI is InChI=1S/C18H25N3O/c1-18(22,14-21(2)3)13-19-12-15-7-6-8-16(11-15)17-9-4-5-10-20-17/h4-11,19,22H,12-14H2,1-3H3. The molecule has 2 aromatic rings. The zero-order chi connectivity index (χ0) is 16.0. The molecule has 0 spiro atoms. The molecule has 1 aromatic carbocycles. The minimum atomic E-state index is -0.734. The number of rotatable bonds is 7. The van der Waals surface area contributed by atoms with Gasteiger partial charge < -0.3 is 15.3 Å². The van der Waals surface area contributed by atoms with Crippen LogP contribution in [0, 0.1) is 0 Å². The molecule has 0 saturated carbocycles. The van der Waals surface area contributed by atoms with Gasteiger partial charge in [0.1, 0.15) is 0 Å². The Balaban J connectivity index is 1.94. The Morgan fingerprint density at radius 2 is 2.00 bits per heavy atom. The zero-order valence-corrected chi connectivity index (χ0v) is 13.6. The van der Waals surface area contributed by atoms with E-state index >= 15 is 0 Å². The number of benzene rings is 1. The third kappa shape index (κ3) is 5.22. The van der Waals surface area contributed by atoms with Crippen LogP contribution < -0.4 is 5.32 Å². The maximum absolute atomic E-state index is 10.3. The SMILES string of the molecule is CN(C)CC(C)(O)CNCc1cccc(-c2ccccn2)c1. The fourth-order valence-corrected chi connectivity index (χ4v) is 2.59. The second-order valence-corrected chi connectivity index (χ2v) is 6.25. The highest BCUT2D eigenvalue weighted by molar-refractivity contribution is 5.59. The van der Waals surface area contributed by atoms with E-state index < -0.39 is 5.60 Å². The summed E-state index contributed by atoms with van der Waals surface area (Å²) in [7, 11) is 3.93. The lowest BCUT2D eigenvalue weighted by Gasteiger charge is -2.27. The first-order chi connectivity index (χ1) is 10.5. The molecule has 1 atom stereocenters. The van der Waals surface area contributed by atoms with Crippen molar-refractivity contribution >= 4 is 0 Å². The van der Waals surface area contributed by atoms with E-state index in [4.69, 9.17) is 0 Å². The predicted octanol–water partition coefficient (Wildman–Crippen LogP) is 2.15. The Morgan fingerprint density at radius 3 is 2.68 bits per heavy atom. The molecule has 1 unspecified atom stereocenters. The number of nitrogens with one attached hydrogen (secondary N) is 1. The topological polar surface area (TPSA) is 48.4 Å². The number of likely N-dealkylation sites (N-methyl/N-ethyl adjacent to an activating group) is 1. The molecule has 2 N–H and O–H groups in total. The number of pyridine rings is 1. The summed E-state index contributed by atoms with van der Waals surface area (Å²) in [4.78, 5) is 6.37. The van der Waals surface area contributed by atoms with E-state index in [9.17, 15) is 5.11 Å². The van der Waals surface area contributed by atoms with E-state index in [1.165, 1.54) is 5.56 Å². The van der Waals surface area contributed by atoms with Crippen molar-refractivity contribution in [3.63, 3.8) is 0 Å². The fraction of sp³-hybridized carbons (Fsp3) is 0.389. The number of hydrogen-bond donors (Lipinski definition) is 2. The van der Waals surface area contributed by atoms with Gasteiger partial charge in [-0.1, -0.05) is 24.3 Å². The molecule has 4 nitrogen and oxygen atoms in total. The average Bonchev–Trinajstić information content (AvgIpc) is 2.47. The van der Waals surface area contributed by atoms with E-state index in [-0.39, 0.29) is 0 Å². The first-order valence-electron chi connectivity index (χ1n) is 7.54. The lowest BCUT2D eigenvalue weighted by molar-refractivity contribution is 0.0336. The minimum absolute atomic E-state index is 0.555. The number of hydrogen-bond acceptors (Lipinski definition) is 4. The van der Waals surface area contributed by atoms with Crippen LogP contribution in [0.15, 0.2) is 48.7 Å². The molecule has 0 aliphatic carbocycles. The first-order valence-corrected chi connectivity index (χ1v) is 7.54. The summed E-state index contributed by atoms with van der Waals surface area (Å²) in [5, 5.41) is 13.6. The van der Waals surface area contributed by atoms with Gasteiger partial charge in [0.25, 0.3) is 0 Å². The third-order valence-corrected chi connectivity index (χ3v) is 3.38. The van der Waals surface area contributed by atoms with Gasteiger partial charge in [0.15, 0.2) is 0 Å². The Bertz CT molecular complexity index is 582. The van der Waals surface area contributed by atoms with E-state index in [1.807, 2.05) is 50.2 Å². The van der Waals surface area contributed by atoms with Crippen LogP contribution in [0.1, 0.15) is 12.5 Å². The zero-order valence-electron chi connectivity index (χ0n) is 13.6. The molecule has 118 valence electrons. The molecule has 0 bridgehead atoms. The Kier molecular flexibility index (Phi) is 5.66. The van der Waals surface area contributed by atoms with Crippen molar-refractivity contribution in [1.82, 2.24) is 15.2 Å². The van der Waals surface area contributed by atoms with Crippen LogP contribution in [0.3, 0.4) is 0 Å². The Morgan fingerprint density at radius 1 is 1.18 bits per heavy atom. The Labute approximate surface area is 132 Å². The summed E-state index contributed by atoms with van der Waals surface area (Å²) in [5.41, 5.74) is 2.54. The van der Waals surface area contributed by atoms with Crippen LogP contribution in [0.25, 0.3) is 11.3 Å². The normalized spacial score (nSPS) is 14.0. The van der Waals surface area contributed by atoms with Gasteiger partial charge in [-0.25, -0.2) is 0 Å². The molecule has 2 rings (SSSR count). The quantitative estimate of drug-likeness (QED) is 0.822. The molecule has 1 aromatic heterocycles. The van der Waals surface area contributed by atoms with Crippen LogP contribution in [0.5, 0.6) is 0 Å². The van der Waals surface area contributed by atoms with Crippen LogP contribution in [0.2, 0.25) is 0 Å². The lowest BCUT2D eigenvalue weighted by Crippen LogP contribution is -2.45. The first kappa shape index (κ1) is 16.6. The number of aliphatic hydroxyl groups is 1. The molecule has 0 amide bonds. The van der Waals surface area contributed by atoms with E-state index in [0.29, 0.717) is 13.1 Å². The second kappa shape index (κ2) is 7.49. The largest absolute Gasteiger partial charge is 0.388 e. The van der Waals surface area contributed by atoms with Crippen molar-refractivity contribution in [3.8, 4) is 11.3 Å². The average molecular weight is 299 g/mol. The summed E-state index contributed by atoms with van der Waals surface area (Å²) in [5.74, 6) is 0. The lowest BCUT2D eigenvalue weighted by atomic mass is 10.1. The maximum atomic E-state index is 10.3. The maximum Gasteiger partial charge on any atom is 0.0869 e. The molecule has 0 radical (unpaired) electrons. The highest BCUT2D eigenvalue weighted by Gasteiger charge is 2.20. The smallest absolute Gasteiger partial charge is 0.0869 e. The second-order valence-electron chi connectivity index (χ2n) is 6.25. The summed E-state index contributed by atoms with van der Waals surface area (Å²) < 4.78 is 0. The highest BCUT2D eigenvalue weighted by Crippen LogP contribution is 2.17. The number of aromatic nitrogens is 1. The Hall–Kier alpha value is -1.75. The van der Waals surface area contributed by atoms with Gasteiger partial charge in [-0.2, -0.15) is 0 Å². The molecule has 22 heavy (non-hydrogen) atoms. The molecule has 0 saturated heterocycles. The van der Waals surface area contributed by atoms with Crippen molar-refractivity contribution in [2.45, 2.75) is 19.1 Å². The van der Waals surface area contributed by atoms with E-state index in [0.717, 1.165) is 17.8 Å². The highest BCUT2D eigenvalue weighted by atomic mass is 16.3. The summed E-state index contributed by atoms with van der Waals surface area (Å²) >= 11 is 0. The molecular weight excluding hydrogens is 274 g/mol. The summed E-state index contributed by atoms with van der Waals surface area (Å²) in [6.07, 6.45) is 1.80. The van der Waals surface area contributed by atoms with Crippen molar-refractivity contribution in [3.05, 3.63) is 54.2 Å². The van der Waals surface area contributed by atoms with Crippen molar-refractivity contribution in [1.29, 1.82) is 0 Å². The van der Waals surface area contributed by atoms with E-state index in [1.54, 1.807) is 6.20 Å². The van der Waals surface area contributed by atoms with Crippen molar-refractivity contribution in [2.24, 2.45) is 0 Å². The third-order valence-electron chi connectivity index (χ3n) is 3.38. The fourth-order valence-electron chi connectivity index (χ4n) is 2.59. The molecular formula is C18H25N3O. The van der Waals surface area contributed by atoms with Gasteiger partial charge >= 0.3 is 0 Å². The number of nitrogens with zero attached hydrogens (tertiary/aromatic N) is 2. The predicted molar refractivity (Wildman–Crippen MR) is 90.6 cm³/mol. The van der Waals surface area contributed by atoms with Crippen LogP contribution in [-0.4, -0.2) is 47.8 Å². The molecule has 4 heteroatoms. The van der Waals surface area contributed by atoms with Gasteiger partial charge in [-0.05, 0) is 44.8 Å². The van der Waals surface area contributed by atoms with Gasteiger partial charge in [-0.3, -0.25) is 4.98 Å². The van der Waals surface area contributed by atoms with Gasteiger partial charge in [-0.15, -0.1) is 0 Å². The molecule has 1 heterocycles. The van der Waals surface area contributed by atoms with Crippen LogP contribution in [-0.2, 0) is 6.54 Å². The van der Waals surface area contributed by atoms with Crippen molar-refractivity contribution in [2.75, 3.05) is 27.2 Å². The molecule has 0 fully saturated rings. The van der Waals surface area contributed by atoms with Gasteiger partial charge in [0, 0.05) is 31.4 Å².